The molecule has 2 rings (SSSR count). The summed E-state index contributed by atoms with van der Waals surface area (Å²) >= 11 is 6.23. The Kier molecular flexibility index (Phi) is 11.5. The van der Waals surface area contributed by atoms with E-state index in [2.05, 4.69) is 46.2 Å². The van der Waals surface area contributed by atoms with Crippen molar-refractivity contribution in [3.05, 3.63) is 34.9 Å². The van der Waals surface area contributed by atoms with Crippen LogP contribution in [0, 0.1) is 0 Å². The Morgan fingerprint density at radius 2 is 2.12 bits per heavy atom. The second-order valence-electron chi connectivity index (χ2n) is 6.42. The molecule has 1 aliphatic rings. The third-order valence-electron chi connectivity index (χ3n) is 4.59. The largest absolute Gasteiger partial charge is 0.379 e. The standard InChI is InChI=1S/C19H31ClN4O.HI/c1-4-5-9-23(3)19(21-2)22-15-18(24-10-12-25-13-11-24)16-7-6-8-17(20)14-16;/h6-8,14,18H,4-5,9-13,15H2,1-3H3,(H,21,22);1H. The summed E-state index contributed by atoms with van der Waals surface area (Å²) in [4.78, 5) is 9.08. The van der Waals surface area contributed by atoms with Crippen molar-refractivity contribution in [2.24, 2.45) is 4.99 Å². The molecular weight excluding hydrogens is 463 g/mol. The van der Waals surface area contributed by atoms with E-state index in [1.54, 1.807) is 0 Å². The molecule has 0 amide bonds. The number of guanidine groups is 1. The van der Waals surface area contributed by atoms with E-state index in [1.807, 2.05) is 19.2 Å². The molecule has 1 aliphatic heterocycles. The number of halogens is 2. The molecule has 1 saturated heterocycles. The van der Waals surface area contributed by atoms with Crippen LogP contribution in [0.15, 0.2) is 29.3 Å². The number of hydrogen-bond acceptors (Lipinski definition) is 3. The molecule has 1 aromatic rings. The Morgan fingerprint density at radius 1 is 1.38 bits per heavy atom. The minimum Gasteiger partial charge on any atom is -0.379 e. The van der Waals surface area contributed by atoms with Gasteiger partial charge in [0, 0.05) is 45.3 Å². The van der Waals surface area contributed by atoms with E-state index >= 15 is 0 Å². The van der Waals surface area contributed by atoms with Gasteiger partial charge in [-0.25, -0.2) is 0 Å². The Morgan fingerprint density at radius 3 is 2.73 bits per heavy atom. The smallest absolute Gasteiger partial charge is 0.193 e. The molecule has 1 aromatic carbocycles. The number of aliphatic imine (C=N–C) groups is 1. The van der Waals surface area contributed by atoms with Crippen molar-refractivity contribution in [2.45, 2.75) is 25.8 Å². The van der Waals surface area contributed by atoms with Gasteiger partial charge >= 0.3 is 0 Å². The topological polar surface area (TPSA) is 40.1 Å². The molecule has 26 heavy (non-hydrogen) atoms. The van der Waals surface area contributed by atoms with E-state index in [4.69, 9.17) is 16.3 Å². The van der Waals surface area contributed by atoms with Gasteiger partial charge in [-0.05, 0) is 24.1 Å². The first-order valence-electron chi connectivity index (χ1n) is 9.14. The number of hydrogen-bond donors (Lipinski definition) is 1. The lowest BCUT2D eigenvalue weighted by Gasteiger charge is -2.35. The zero-order valence-electron chi connectivity index (χ0n) is 16.1. The highest BCUT2D eigenvalue weighted by Gasteiger charge is 2.23. The summed E-state index contributed by atoms with van der Waals surface area (Å²) in [5.74, 6) is 0.939. The summed E-state index contributed by atoms with van der Waals surface area (Å²) in [7, 11) is 3.93. The normalized spacial score (nSPS) is 16.7. The summed E-state index contributed by atoms with van der Waals surface area (Å²) in [6.07, 6.45) is 2.35. The van der Waals surface area contributed by atoms with Crippen molar-refractivity contribution in [3.63, 3.8) is 0 Å². The quantitative estimate of drug-likeness (QED) is 0.357. The molecule has 148 valence electrons. The number of nitrogens with zero attached hydrogens (tertiary/aromatic N) is 3. The lowest BCUT2D eigenvalue weighted by molar-refractivity contribution is 0.0169. The van der Waals surface area contributed by atoms with Gasteiger partial charge in [-0.2, -0.15) is 0 Å². The van der Waals surface area contributed by atoms with Crippen LogP contribution in [0.4, 0.5) is 0 Å². The predicted molar refractivity (Wildman–Crippen MR) is 121 cm³/mol. The summed E-state index contributed by atoms with van der Waals surface area (Å²) in [6, 6.07) is 8.41. The van der Waals surface area contributed by atoms with Crippen LogP contribution in [0.2, 0.25) is 5.02 Å². The van der Waals surface area contributed by atoms with Gasteiger partial charge in [0.2, 0.25) is 0 Å². The van der Waals surface area contributed by atoms with Crippen molar-refractivity contribution in [1.82, 2.24) is 15.1 Å². The molecular formula is C19H32ClIN4O. The fraction of sp³-hybridized carbons (Fsp3) is 0.632. The number of unbranched alkanes of at least 4 members (excludes halogenated alkanes) is 1. The molecule has 0 aromatic heterocycles. The van der Waals surface area contributed by atoms with Gasteiger partial charge in [-0.1, -0.05) is 37.1 Å². The van der Waals surface area contributed by atoms with Crippen molar-refractivity contribution in [1.29, 1.82) is 0 Å². The summed E-state index contributed by atoms with van der Waals surface area (Å²) < 4.78 is 5.52. The molecule has 5 nitrogen and oxygen atoms in total. The number of morpholine rings is 1. The van der Waals surface area contributed by atoms with Crippen LogP contribution < -0.4 is 5.32 Å². The maximum Gasteiger partial charge on any atom is 0.193 e. The van der Waals surface area contributed by atoms with Crippen LogP contribution in [0.3, 0.4) is 0 Å². The molecule has 1 fully saturated rings. The average molecular weight is 495 g/mol. The van der Waals surface area contributed by atoms with E-state index in [1.165, 1.54) is 18.4 Å². The van der Waals surface area contributed by atoms with Crippen molar-refractivity contribution in [3.8, 4) is 0 Å². The van der Waals surface area contributed by atoms with E-state index in [9.17, 15) is 0 Å². The Hall–Kier alpha value is -0.570. The lowest BCUT2D eigenvalue weighted by atomic mass is 10.0. The number of nitrogens with one attached hydrogen (secondary N) is 1. The molecule has 1 heterocycles. The molecule has 1 N–H and O–H groups in total. The predicted octanol–water partition coefficient (Wildman–Crippen LogP) is 3.64. The summed E-state index contributed by atoms with van der Waals surface area (Å²) in [5.41, 5.74) is 1.23. The fourth-order valence-electron chi connectivity index (χ4n) is 3.13. The van der Waals surface area contributed by atoms with Crippen LogP contribution in [-0.4, -0.2) is 69.2 Å². The second-order valence-corrected chi connectivity index (χ2v) is 6.86. The van der Waals surface area contributed by atoms with Crippen LogP contribution in [0.5, 0.6) is 0 Å². The van der Waals surface area contributed by atoms with Gasteiger partial charge in [-0.15, -0.1) is 24.0 Å². The van der Waals surface area contributed by atoms with E-state index in [-0.39, 0.29) is 30.0 Å². The lowest BCUT2D eigenvalue weighted by Crippen LogP contribution is -2.46. The highest BCUT2D eigenvalue weighted by molar-refractivity contribution is 14.0. The summed E-state index contributed by atoms with van der Waals surface area (Å²) in [5, 5.41) is 4.32. The highest BCUT2D eigenvalue weighted by Crippen LogP contribution is 2.24. The van der Waals surface area contributed by atoms with Crippen molar-refractivity contribution in [2.75, 3.05) is 53.5 Å². The van der Waals surface area contributed by atoms with Crippen molar-refractivity contribution < 1.29 is 4.74 Å². The first kappa shape index (κ1) is 23.5. The van der Waals surface area contributed by atoms with Crippen LogP contribution >= 0.6 is 35.6 Å². The minimum atomic E-state index is 0. The molecule has 0 bridgehead atoms. The van der Waals surface area contributed by atoms with Gasteiger partial charge in [0.1, 0.15) is 0 Å². The van der Waals surface area contributed by atoms with Gasteiger partial charge in [-0.3, -0.25) is 9.89 Å². The van der Waals surface area contributed by atoms with Gasteiger partial charge in [0.05, 0.1) is 19.3 Å². The van der Waals surface area contributed by atoms with E-state index in [0.717, 1.165) is 50.4 Å². The van der Waals surface area contributed by atoms with Crippen LogP contribution in [-0.2, 0) is 4.74 Å². The van der Waals surface area contributed by atoms with Crippen LogP contribution in [0.25, 0.3) is 0 Å². The van der Waals surface area contributed by atoms with Gasteiger partial charge < -0.3 is 15.0 Å². The van der Waals surface area contributed by atoms with Gasteiger partial charge in [0.25, 0.3) is 0 Å². The first-order valence-corrected chi connectivity index (χ1v) is 9.52. The number of rotatable bonds is 7. The molecule has 7 heteroatoms. The third kappa shape index (κ3) is 7.21. The zero-order chi connectivity index (χ0) is 18.1. The Bertz CT molecular complexity index is 552. The molecule has 0 aliphatic carbocycles. The first-order chi connectivity index (χ1) is 12.2. The van der Waals surface area contributed by atoms with Gasteiger partial charge in [0.15, 0.2) is 5.96 Å². The monoisotopic (exact) mass is 494 g/mol. The minimum absolute atomic E-state index is 0. The SMILES string of the molecule is CCCCN(C)C(=NC)NCC(c1cccc(Cl)c1)N1CCOCC1.I. The molecule has 0 radical (unpaired) electrons. The fourth-order valence-corrected chi connectivity index (χ4v) is 3.33. The molecule has 0 spiro atoms. The molecule has 1 unspecified atom stereocenters. The van der Waals surface area contributed by atoms with E-state index in [0.29, 0.717) is 0 Å². The number of benzene rings is 1. The van der Waals surface area contributed by atoms with E-state index < -0.39 is 0 Å². The molecule has 1 atom stereocenters. The molecule has 0 saturated carbocycles. The highest BCUT2D eigenvalue weighted by atomic mass is 127. The second kappa shape index (κ2) is 12.8. The number of ether oxygens (including phenoxy) is 1. The summed E-state index contributed by atoms with van der Waals surface area (Å²) in [6.45, 7) is 7.44. The van der Waals surface area contributed by atoms with Crippen molar-refractivity contribution >= 4 is 41.5 Å². The zero-order valence-corrected chi connectivity index (χ0v) is 19.2. The Balaban J connectivity index is 0.00000338. The third-order valence-corrected chi connectivity index (χ3v) is 4.83. The average Bonchev–Trinajstić information content (AvgIpc) is 2.64. The maximum absolute atomic E-state index is 6.23. The van der Waals surface area contributed by atoms with Crippen LogP contribution in [0.1, 0.15) is 31.4 Å². The Labute approximate surface area is 180 Å². The maximum atomic E-state index is 6.23.